The van der Waals surface area contributed by atoms with E-state index in [0.29, 0.717) is 5.82 Å². The number of nitrogens with two attached hydrogens (primary N) is 1. The molecule has 0 aliphatic carbocycles. The Bertz CT molecular complexity index is 1030. The molecule has 1 unspecified atom stereocenters. The monoisotopic (exact) mass is 373 g/mol. The Morgan fingerprint density at radius 3 is 2.79 bits per heavy atom. The first-order valence-electron chi connectivity index (χ1n) is 9.63. The van der Waals surface area contributed by atoms with E-state index in [2.05, 4.69) is 45.3 Å². The highest BCUT2D eigenvalue weighted by atomic mass is 15.2. The van der Waals surface area contributed by atoms with Crippen LogP contribution < -0.4 is 16.0 Å². The minimum Gasteiger partial charge on any atom is -0.382 e. The maximum atomic E-state index is 9.45. The number of pyridine rings is 1. The van der Waals surface area contributed by atoms with Gasteiger partial charge in [-0.3, -0.25) is 0 Å². The lowest BCUT2D eigenvalue weighted by atomic mass is 10.0. The summed E-state index contributed by atoms with van der Waals surface area (Å²) < 4.78 is 0. The molecule has 2 aromatic heterocycles. The molecule has 3 heterocycles. The van der Waals surface area contributed by atoms with Crippen molar-refractivity contribution in [1.29, 1.82) is 5.26 Å². The molecule has 1 aliphatic heterocycles. The molecule has 1 fully saturated rings. The minimum absolute atomic E-state index is 0.0471. The van der Waals surface area contributed by atoms with Gasteiger partial charge in [-0.15, -0.1) is 0 Å². The van der Waals surface area contributed by atoms with Gasteiger partial charge in [-0.25, -0.2) is 15.0 Å². The number of nitrogen functional groups attached to an aromatic ring is 1. The minimum atomic E-state index is -0.0471. The van der Waals surface area contributed by atoms with Gasteiger partial charge in [0, 0.05) is 24.0 Å². The summed E-state index contributed by atoms with van der Waals surface area (Å²) in [7, 11) is 0. The van der Waals surface area contributed by atoms with Crippen LogP contribution in [0, 0.1) is 11.3 Å². The molecule has 7 heteroatoms. The van der Waals surface area contributed by atoms with E-state index in [-0.39, 0.29) is 17.4 Å². The Labute approximate surface area is 164 Å². The molecule has 7 nitrogen and oxygen atoms in total. The number of anilines is 3. The van der Waals surface area contributed by atoms with Crippen LogP contribution in [0.15, 0.2) is 36.7 Å². The number of hydrogen-bond acceptors (Lipinski definition) is 7. The second kappa shape index (κ2) is 7.69. The predicted octanol–water partition coefficient (Wildman–Crippen LogP) is 3.64. The summed E-state index contributed by atoms with van der Waals surface area (Å²) in [5.41, 5.74) is 8.24. The van der Waals surface area contributed by atoms with E-state index in [1.54, 1.807) is 0 Å². The second-order valence-corrected chi connectivity index (χ2v) is 6.99. The summed E-state index contributed by atoms with van der Waals surface area (Å²) in [5, 5.41) is 14.0. The van der Waals surface area contributed by atoms with E-state index in [1.165, 1.54) is 19.2 Å². The number of para-hydroxylation sites is 1. The first kappa shape index (κ1) is 18.0. The zero-order chi connectivity index (χ0) is 19.5. The molecule has 0 bridgehead atoms. The van der Waals surface area contributed by atoms with Gasteiger partial charge in [0.05, 0.1) is 11.6 Å². The van der Waals surface area contributed by atoms with E-state index in [0.717, 1.165) is 41.8 Å². The number of benzene rings is 1. The number of fused-ring (bicyclic) bond motifs is 1. The highest BCUT2D eigenvalue weighted by Crippen LogP contribution is 2.34. The first-order valence-corrected chi connectivity index (χ1v) is 9.63. The molecule has 3 aromatic rings. The molecule has 28 heavy (non-hydrogen) atoms. The SMILES string of the molecule is CCC(Nc1ncnc(N)c1C#N)c1cc2ccccc2nc1N1CCCC1. The molecule has 3 N–H and O–H groups in total. The van der Waals surface area contributed by atoms with Crippen LogP contribution in [0.1, 0.15) is 43.4 Å². The van der Waals surface area contributed by atoms with Crippen molar-refractivity contribution < 1.29 is 0 Å². The normalized spacial score (nSPS) is 14.8. The van der Waals surface area contributed by atoms with E-state index in [9.17, 15) is 5.26 Å². The molecular formula is C21H23N7. The van der Waals surface area contributed by atoms with E-state index in [1.807, 2.05) is 18.2 Å². The van der Waals surface area contributed by atoms with Gasteiger partial charge in [0.2, 0.25) is 0 Å². The summed E-state index contributed by atoms with van der Waals surface area (Å²) >= 11 is 0. The molecule has 1 saturated heterocycles. The number of hydrogen-bond donors (Lipinski definition) is 2. The average Bonchev–Trinajstić information content (AvgIpc) is 3.26. The van der Waals surface area contributed by atoms with Crippen LogP contribution in [-0.2, 0) is 0 Å². The van der Waals surface area contributed by atoms with Gasteiger partial charge in [0.15, 0.2) is 0 Å². The van der Waals surface area contributed by atoms with Crippen molar-refractivity contribution in [3.63, 3.8) is 0 Å². The topological polar surface area (TPSA) is 104 Å². The summed E-state index contributed by atoms with van der Waals surface area (Å²) in [6.45, 7) is 4.13. The number of nitrogens with one attached hydrogen (secondary N) is 1. The summed E-state index contributed by atoms with van der Waals surface area (Å²) in [6, 6.07) is 12.4. The summed E-state index contributed by atoms with van der Waals surface area (Å²) in [5.74, 6) is 1.66. The molecule has 0 spiro atoms. The molecule has 1 aromatic carbocycles. The quantitative estimate of drug-likeness (QED) is 0.703. The molecule has 0 saturated carbocycles. The third-order valence-corrected chi connectivity index (χ3v) is 5.22. The third kappa shape index (κ3) is 3.29. The zero-order valence-corrected chi connectivity index (χ0v) is 15.9. The Kier molecular flexibility index (Phi) is 4.94. The second-order valence-electron chi connectivity index (χ2n) is 6.99. The molecule has 0 radical (unpaired) electrons. The number of aromatic nitrogens is 3. The smallest absolute Gasteiger partial charge is 0.150 e. The van der Waals surface area contributed by atoms with Crippen LogP contribution in [0.25, 0.3) is 10.9 Å². The van der Waals surface area contributed by atoms with Crippen LogP contribution in [0.5, 0.6) is 0 Å². The maximum absolute atomic E-state index is 9.45. The average molecular weight is 373 g/mol. The number of rotatable bonds is 5. The highest BCUT2D eigenvalue weighted by Gasteiger charge is 2.24. The van der Waals surface area contributed by atoms with E-state index < -0.39 is 0 Å². The van der Waals surface area contributed by atoms with Gasteiger partial charge >= 0.3 is 0 Å². The van der Waals surface area contributed by atoms with Crippen LogP contribution >= 0.6 is 0 Å². The fraction of sp³-hybridized carbons (Fsp3) is 0.333. The van der Waals surface area contributed by atoms with Gasteiger partial charge in [0.1, 0.15) is 35.4 Å². The van der Waals surface area contributed by atoms with Crippen molar-refractivity contribution in [3.05, 3.63) is 47.8 Å². The largest absolute Gasteiger partial charge is 0.382 e. The van der Waals surface area contributed by atoms with Crippen molar-refractivity contribution in [1.82, 2.24) is 15.0 Å². The number of nitrogens with zero attached hydrogens (tertiary/aromatic N) is 5. The van der Waals surface area contributed by atoms with Crippen molar-refractivity contribution in [3.8, 4) is 6.07 Å². The van der Waals surface area contributed by atoms with Crippen molar-refractivity contribution in [2.75, 3.05) is 29.0 Å². The number of nitriles is 1. The molecule has 1 aliphatic rings. The van der Waals surface area contributed by atoms with Crippen molar-refractivity contribution in [2.45, 2.75) is 32.2 Å². The van der Waals surface area contributed by atoms with E-state index in [4.69, 9.17) is 10.7 Å². The van der Waals surface area contributed by atoms with Crippen molar-refractivity contribution >= 4 is 28.4 Å². The van der Waals surface area contributed by atoms with E-state index >= 15 is 0 Å². The van der Waals surface area contributed by atoms with Crippen LogP contribution in [0.3, 0.4) is 0 Å². The lowest BCUT2D eigenvalue weighted by Gasteiger charge is -2.26. The molecule has 4 rings (SSSR count). The lowest BCUT2D eigenvalue weighted by Crippen LogP contribution is -2.23. The predicted molar refractivity (Wildman–Crippen MR) is 111 cm³/mol. The molecular weight excluding hydrogens is 350 g/mol. The van der Waals surface area contributed by atoms with Crippen LogP contribution in [0.4, 0.5) is 17.5 Å². The van der Waals surface area contributed by atoms with Crippen LogP contribution in [0.2, 0.25) is 0 Å². The van der Waals surface area contributed by atoms with Gasteiger partial charge in [-0.05, 0) is 31.4 Å². The fourth-order valence-electron chi connectivity index (χ4n) is 3.74. The molecule has 142 valence electrons. The fourth-order valence-corrected chi connectivity index (χ4v) is 3.74. The van der Waals surface area contributed by atoms with Gasteiger partial charge in [-0.1, -0.05) is 25.1 Å². The van der Waals surface area contributed by atoms with Crippen molar-refractivity contribution in [2.24, 2.45) is 0 Å². The van der Waals surface area contributed by atoms with Gasteiger partial charge < -0.3 is 16.0 Å². The Hall–Kier alpha value is -3.40. The Morgan fingerprint density at radius 1 is 1.25 bits per heavy atom. The molecule has 0 amide bonds. The Morgan fingerprint density at radius 2 is 2.04 bits per heavy atom. The first-order chi connectivity index (χ1) is 13.7. The van der Waals surface area contributed by atoms with Crippen LogP contribution in [-0.4, -0.2) is 28.0 Å². The summed E-state index contributed by atoms with van der Waals surface area (Å²) in [4.78, 5) is 15.5. The standard InChI is InChI=1S/C21H23N7/c1-2-17(26-20-16(12-22)19(23)24-13-25-20)15-11-14-7-3-4-8-18(14)27-21(15)28-9-5-6-10-28/h3-4,7-8,11,13,17H,2,5-6,9-10H2,1H3,(H3,23,24,25,26). The van der Waals surface area contributed by atoms with Gasteiger partial charge in [-0.2, -0.15) is 5.26 Å². The molecule has 1 atom stereocenters. The Balaban J connectivity index is 1.80. The zero-order valence-electron chi connectivity index (χ0n) is 15.9. The maximum Gasteiger partial charge on any atom is 0.150 e. The lowest BCUT2D eigenvalue weighted by molar-refractivity contribution is 0.734. The third-order valence-electron chi connectivity index (χ3n) is 5.22. The van der Waals surface area contributed by atoms with Gasteiger partial charge in [0.25, 0.3) is 0 Å². The highest BCUT2D eigenvalue weighted by molar-refractivity contribution is 5.82. The summed E-state index contributed by atoms with van der Waals surface area (Å²) in [6.07, 6.45) is 4.55.